The summed E-state index contributed by atoms with van der Waals surface area (Å²) in [4.78, 5) is 28.8. The van der Waals surface area contributed by atoms with Crippen molar-refractivity contribution in [3.63, 3.8) is 0 Å². The molecule has 0 aliphatic heterocycles. The fourth-order valence-electron chi connectivity index (χ4n) is 3.02. The molecule has 0 radical (unpaired) electrons. The van der Waals surface area contributed by atoms with E-state index < -0.39 is 4.92 Å². The van der Waals surface area contributed by atoms with Crippen LogP contribution in [-0.2, 0) is 0 Å². The Morgan fingerprint density at radius 3 is 2.66 bits per heavy atom. The molecule has 0 N–H and O–H groups in total. The van der Waals surface area contributed by atoms with E-state index >= 15 is 0 Å². The highest BCUT2D eigenvalue weighted by atomic mass is 79.9. The molecule has 1 atom stereocenters. The first-order valence-corrected chi connectivity index (χ1v) is 11.2. The van der Waals surface area contributed by atoms with Gasteiger partial charge in [0, 0.05) is 27.0 Å². The lowest BCUT2D eigenvalue weighted by molar-refractivity contribution is -0.386. The number of hydrogen-bond acceptors (Lipinski definition) is 6. The van der Waals surface area contributed by atoms with Crippen LogP contribution in [0.4, 0.5) is 5.69 Å². The standard InChI is InChI=1S/C22H22BrClN4O4/c1-5-13(4)32-20-14(8-16(24)10-19(20)28(30)31)11-25-27-21(12(2)3)26-18-7-6-15(23)9-17(18)22(27)29/h6-13H,5H2,1-4H3/t13-/m1/s1. The third-order valence-corrected chi connectivity index (χ3v) is 5.53. The summed E-state index contributed by atoms with van der Waals surface area (Å²) in [6.07, 6.45) is 1.72. The number of benzene rings is 2. The molecule has 0 unspecified atom stereocenters. The predicted octanol–water partition coefficient (Wildman–Crippen LogP) is 5.90. The molecule has 3 rings (SSSR count). The maximum atomic E-state index is 13.2. The van der Waals surface area contributed by atoms with Gasteiger partial charge in [0.2, 0.25) is 5.75 Å². The normalized spacial score (nSPS) is 12.6. The van der Waals surface area contributed by atoms with Gasteiger partial charge in [0.25, 0.3) is 5.56 Å². The molecule has 168 valence electrons. The van der Waals surface area contributed by atoms with Crippen molar-refractivity contribution < 1.29 is 9.66 Å². The van der Waals surface area contributed by atoms with E-state index in [1.54, 1.807) is 12.1 Å². The first-order valence-electron chi connectivity index (χ1n) is 10.0. The van der Waals surface area contributed by atoms with Gasteiger partial charge in [-0.3, -0.25) is 14.9 Å². The second kappa shape index (κ2) is 9.79. The lowest BCUT2D eigenvalue weighted by Gasteiger charge is -2.15. The molecular weight excluding hydrogens is 500 g/mol. The molecule has 2 aromatic carbocycles. The molecule has 10 heteroatoms. The largest absolute Gasteiger partial charge is 0.483 e. The molecule has 3 aromatic rings. The zero-order chi connectivity index (χ0) is 23.6. The summed E-state index contributed by atoms with van der Waals surface area (Å²) in [5, 5.41) is 16.5. The molecule has 0 spiro atoms. The average molecular weight is 522 g/mol. The van der Waals surface area contributed by atoms with E-state index in [4.69, 9.17) is 16.3 Å². The molecule has 0 aliphatic rings. The van der Waals surface area contributed by atoms with Gasteiger partial charge in [-0.1, -0.05) is 48.3 Å². The average Bonchev–Trinajstić information content (AvgIpc) is 2.74. The Bertz CT molecular complexity index is 1270. The summed E-state index contributed by atoms with van der Waals surface area (Å²) >= 11 is 9.49. The van der Waals surface area contributed by atoms with Crippen LogP contribution >= 0.6 is 27.5 Å². The zero-order valence-corrected chi connectivity index (χ0v) is 20.3. The van der Waals surface area contributed by atoms with Gasteiger partial charge in [-0.25, -0.2) is 4.98 Å². The Morgan fingerprint density at radius 2 is 2.03 bits per heavy atom. The molecule has 0 fully saturated rings. The van der Waals surface area contributed by atoms with Crippen molar-refractivity contribution in [1.82, 2.24) is 9.66 Å². The summed E-state index contributed by atoms with van der Waals surface area (Å²) < 4.78 is 7.77. The van der Waals surface area contributed by atoms with E-state index in [0.29, 0.717) is 28.7 Å². The van der Waals surface area contributed by atoms with Gasteiger partial charge in [-0.05, 0) is 37.6 Å². The van der Waals surface area contributed by atoms with E-state index in [1.807, 2.05) is 33.8 Å². The van der Waals surface area contributed by atoms with Gasteiger partial charge in [0.05, 0.1) is 28.1 Å². The van der Waals surface area contributed by atoms with Crippen LogP contribution in [0.3, 0.4) is 0 Å². The number of nitrogens with zero attached hydrogens (tertiary/aromatic N) is 4. The highest BCUT2D eigenvalue weighted by Gasteiger charge is 2.22. The Kier molecular flexibility index (Phi) is 7.30. The minimum absolute atomic E-state index is 0.0492. The van der Waals surface area contributed by atoms with E-state index in [1.165, 1.54) is 23.0 Å². The topological polar surface area (TPSA) is 99.6 Å². The van der Waals surface area contributed by atoms with Gasteiger partial charge < -0.3 is 4.74 Å². The highest BCUT2D eigenvalue weighted by Crippen LogP contribution is 2.34. The molecule has 32 heavy (non-hydrogen) atoms. The summed E-state index contributed by atoms with van der Waals surface area (Å²) in [7, 11) is 0. The molecule has 0 saturated heterocycles. The minimum Gasteiger partial charge on any atom is -0.483 e. The third-order valence-electron chi connectivity index (χ3n) is 4.82. The van der Waals surface area contributed by atoms with Crippen LogP contribution in [0.25, 0.3) is 10.9 Å². The number of nitro groups is 1. The number of hydrogen-bond donors (Lipinski definition) is 0. The predicted molar refractivity (Wildman–Crippen MR) is 129 cm³/mol. The van der Waals surface area contributed by atoms with E-state index in [0.717, 1.165) is 4.47 Å². The van der Waals surface area contributed by atoms with Crippen molar-refractivity contribution >= 4 is 50.3 Å². The fraction of sp³-hybridized carbons (Fsp3) is 0.318. The second-order valence-corrected chi connectivity index (χ2v) is 8.94. The number of nitro benzene ring substituents is 1. The Morgan fingerprint density at radius 1 is 1.31 bits per heavy atom. The molecule has 1 heterocycles. The molecule has 0 amide bonds. The van der Waals surface area contributed by atoms with Gasteiger partial charge in [0.15, 0.2) is 0 Å². The van der Waals surface area contributed by atoms with E-state index in [2.05, 4.69) is 26.0 Å². The van der Waals surface area contributed by atoms with Crippen molar-refractivity contribution in [2.75, 3.05) is 0 Å². The molecule has 0 saturated carbocycles. The van der Waals surface area contributed by atoms with Crippen LogP contribution in [-0.4, -0.2) is 26.9 Å². The number of rotatable bonds is 7. The summed E-state index contributed by atoms with van der Waals surface area (Å²) in [5.74, 6) is 0.410. The monoisotopic (exact) mass is 520 g/mol. The highest BCUT2D eigenvalue weighted by molar-refractivity contribution is 9.10. The van der Waals surface area contributed by atoms with Crippen LogP contribution < -0.4 is 10.3 Å². The Balaban J connectivity index is 2.23. The molecule has 0 aliphatic carbocycles. The van der Waals surface area contributed by atoms with Gasteiger partial charge in [-0.15, -0.1) is 0 Å². The summed E-state index contributed by atoms with van der Waals surface area (Å²) in [6, 6.07) is 8.01. The Hall–Kier alpha value is -2.78. The minimum atomic E-state index is -0.554. The zero-order valence-electron chi connectivity index (χ0n) is 18.0. The van der Waals surface area contributed by atoms with Crippen molar-refractivity contribution in [2.24, 2.45) is 5.10 Å². The molecule has 0 bridgehead atoms. The SMILES string of the molecule is CC[C@@H](C)Oc1c(C=Nn2c(C(C)C)nc3ccc(Br)cc3c2=O)cc(Cl)cc1[N+](=O)[O-]. The summed E-state index contributed by atoms with van der Waals surface area (Å²) in [5.41, 5.74) is 0.237. The fourth-order valence-corrected chi connectivity index (χ4v) is 3.60. The first-order chi connectivity index (χ1) is 15.1. The quantitative estimate of drug-likeness (QED) is 0.219. The number of halogens is 2. The lowest BCUT2D eigenvalue weighted by atomic mass is 10.1. The maximum absolute atomic E-state index is 13.2. The van der Waals surface area contributed by atoms with Crippen LogP contribution in [0.5, 0.6) is 5.75 Å². The lowest BCUT2D eigenvalue weighted by Crippen LogP contribution is -2.23. The van der Waals surface area contributed by atoms with Gasteiger partial charge in [-0.2, -0.15) is 9.78 Å². The van der Waals surface area contributed by atoms with E-state index in [-0.39, 0.29) is 34.0 Å². The van der Waals surface area contributed by atoms with Crippen molar-refractivity contribution in [1.29, 1.82) is 0 Å². The van der Waals surface area contributed by atoms with Crippen LogP contribution in [0.15, 0.2) is 44.7 Å². The van der Waals surface area contributed by atoms with Crippen LogP contribution in [0.2, 0.25) is 5.02 Å². The Labute approximate surface area is 198 Å². The third kappa shape index (κ3) is 4.99. The van der Waals surface area contributed by atoms with Gasteiger partial charge >= 0.3 is 5.69 Å². The van der Waals surface area contributed by atoms with Crippen molar-refractivity contribution in [3.8, 4) is 5.75 Å². The van der Waals surface area contributed by atoms with Crippen LogP contribution in [0, 0.1) is 10.1 Å². The number of fused-ring (bicyclic) bond motifs is 1. The molecule has 1 aromatic heterocycles. The van der Waals surface area contributed by atoms with Gasteiger partial charge in [0.1, 0.15) is 5.82 Å². The van der Waals surface area contributed by atoms with E-state index in [9.17, 15) is 14.9 Å². The second-order valence-electron chi connectivity index (χ2n) is 7.58. The van der Waals surface area contributed by atoms with Crippen molar-refractivity contribution in [3.05, 3.63) is 71.7 Å². The van der Waals surface area contributed by atoms with Crippen molar-refractivity contribution in [2.45, 2.75) is 46.1 Å². The number of aromatic nitrogens is 2. The van der Waals surface area contributed by atoms with Crippen LogP contribution in [0.1, 0.15) is 51.4 Å². The smallest absolute Gasteiger partial charge is 0.313 e. The first kappa shape index (κ1) is 23.9. The number of ether oxygens (including phenoxy) is 1. The maximum Gasteiger partial charge on any atom is 0.313 e. The molecule has 8 nitrogen and oxygen atoms in total. The molecular formula is C22H22BrClN4O4. The summed E-state index contributed by atoms with van der Waals surface area (Å²) in [6.45, 7) is 7.53.